The second-order valence-corrected chi connectivity index (χ2v) is 7.89. The third kappa shape index (κ3) is 3.89. The van der Waals surface area contributed by atoms with Crippen molar-refractivity contribution in [1.29, 1.82) is 0 Å². The number of carbonyl (C=O) groups is 1. The number of β-amino-alcohol motifs (C(OH)–C–C–N with tert-alkyl or cyclic N) is 1. The SMILES string of the molecule is O=C(c1ccc(Cl)cn1)N1CCC2(CC1)CC(O)CN(c1cnccn1)C2. The lowest BCUT2D eigenvalue weighted by molar-refractivity contribution is 0.0244. The first kappa shape index (κ1) is 18.1. The van der Waals surface area contributed by atoms with Crippen LogP contribution in [0.15, 0.2) is 36.9 Å². The molecule has 0 bridgehead atoms. The van der Waals surface area contributed by atoms with Crippen LogP contribution in [0, 0.1) is 5.41 Å². The van der Waals surface area contributed by atoms with E-state index in [0.717, 1.165) is 31.6 Å². The molecule has 2 aliphatic heterocycles. The number of pyridine rings is 1. The van der Waals surface area contributed by atoms with E-state index in [1.54, 1.807) is 30.7 Å². The van der Waals surface area contributed by atoms with Gasteiger partial charge in [-0.15, -0.1) is 0 Å². The van der Waals surface area contributed by atoms with Crippen molar-refractivity contribution < 1.29 is 9.90 Å². The van der Waals surface area contributed by atoms with Crippen LogP contribution in [0.25, 0.3) is 0 Å². The number of carbonyl (C=O) groups excluding carboxylic acids is 1. The minimum Gasteiger partial charge on any atom is -0.391 e. The zero-order valence-corrected chi connectivity index (χ0v) is 15.7. The number of likely N-dealkylation sites (tertiary alicyclic amines) is 1. The molecule has 1 N–H and O–H groups in total. The maximum atomic E-state index is 12.7. The van der Waals surface area contributed by atoms with Crippen molar-refractivity contribution in [3.8, 4) is 0 Å². The van der Waals surface area contributed by atoms with Gasteiger partial charge in [0.2, 0.25) is 0 Å². The maximum absolute atomic E-state index is 12.7. The van der Waals surface area contributed by atoms with Crippen LogP contribution < -0.4 is 4.90 Å². The van der Waals surface area contributed by atoms with E-state index < -0.39 is 6.10 Å². The Bertz CT molecular complexity index is 794. The number of amides is 1. The van der Waals surface area contributed by atoms with Crippen molar-refractivity contribution in [3.63, 3.8) is 0 Å². The average molecular weight is 388 g/mol. The van der Waals surface area contributed by atoms with E-state index >= 15 is 0 Å². The number of hydrogen-bond acceptors (Lipinski definition) is 6. The van der Waals surface area contributed by atoms with Crippen molar-refractivity contribution in [2.75, 3.05) is 31.1 Å². The highest BCUT2D eigenvalue weighted by Gasteiger charge is 2.42. The Labute approximate surface area is 163 Å². The second kappa shape index (κ2) is 7.40. The summed E-state index contributed by atoms with van der Waals surface area (Å²) < 4.78 is 0. The van der Waals surface area contributed by atoms with Crippen LogP contribution in [0.5, 0.6) is 0 Å². The van der Waals surface area contributed by atoms with Crippen LogP contribution >= 0.6 is 11.6 Å². The number of aliphatic hydroxyl groups is 1. The zero-order valence-electron chi connectivity index (χ0n) is 15.0. The van der Waals surface area contributed by atoms with E-state index in [-0.39, 0.29) is 11.3 Å². The van der Waals surface area contributed by atoms with E-state index in [4.69, 9.17) is 11.6 Å². The molecule has 2 aromatic rings. The molecule has 0 radical (unpaired) electrons. The van der Waals surface area contributed by atoms with E-state index in [9.17, 15) is 9.90 Å². The maximum Gasteiger partial charge on any atom is 0.272 e. The fraction of sp³-hybridized carbons (Fsp3) is 0.474. The van der Waals surface area contributed by atoms with Gasteiger partial charge in [-0.05, 0) is 36.8 Å². The van der Waals surface area contributed by atoms with Crippen LogP contribution in [0.3, 0.4) is 0 Å². The van der Waals surface area contributed by atoms with Gasteiger partial charge in [-0.2, -0.15) is 0 Å². The van der Waals surface area contributed by atoms with Crippen LogP contribution in [-0.4, -0.2) is 63.1 Å². The average Bonchev–Trinajstić information content (AvgIpc) is 2.69. The van der Waals surface area contributed by atoms with Crippen molar-refractivity contribution >= 4 is 23.3 Å². The van der Waals surface area contributed by atoms with Gasteiger partial charge in [0.15, 0.2) is 0 Å². The third-order valence-electron chi connectivity index (χ3n) is 5.56. The van der Waals surface area contributed by atoms with Gasteiger partial charge >= 0.3 is 0 Å². The summed E-state index contributed by atoms with van der Waals surface area (Å²) in [5, 5.41) is 11.0. The monoisotopic (exact) mass is 387 g/mol. The Hall–Kier alpha value is -2.25. The first-order chi connectivity index (χ1) is 13.0. The first-order valence-electron chi connectivity index (χ1n) is 9.15. The summed E-state index contributed by atoms with van der Waals surface area (Å²) in [6.07, 6.45) is 8.59. The van der Waals surface area contributed by atoms with Gasteiger partial charge in [0, 0.05) is 44.8 Å². The van der Waals surface area contributed by atoms with Crippen molar-refractivity contribution in [1.82, 2.24) is 19.9 Å². The van der Waals surface area contributed by atoms with E-state index in [0.29, 0.717) is 30.4 Å². The number of nitrogens with zero attached hydrogens (tertiary/aromatic N) is 5. The molecule has 0 aromatic carbocycles. The molecule has 1 spiro atoms. The number of aliphatic hydroxyl groups excluding tert-OH is 1. The van der Waals surface area contributed by atoms with Crippen molar-refractivity contribution in [3.05, 3.63) is 47.6 Å². The van der Waals surface area contributed by atoms with Gasteiger partial charge in [0.05, 0.1) is 17.3 Å². The predicted molar refractivity (Wildman–Crippen MR) is 102 cm³/mol. The summed E-state index contributed by atoms with van der Waals surface area (Å²) in [6.45, 7) is 2.70. The molecule has 2 fully saturated rings. The van der Waals surface area contributed by atoms with Crippen molar-refractivity contribution in [2.45, 2.75) is 25.4 Å². The first-order valence-corrected chi connectivity index (χ1v) is 9.52. The summed E-state index contributed by atoms with van der Waals surface area (Å²) in [5.74, 6) is 0.725. The highest BCUT2D eigenvalue weighted by atomic mass is 35.5. The molecule has 4 heterocycles. The molecule has 27 heavy (non-hydrogen) atoms. The van der Waals surface area contributed by atoms with Gasteiger partial charge in [-0.25, -0.2) is 9.97 Å². The number of piperidine rings is 2. The minimum atomic E-state index is -0.402. The predicted octanol–water partition coefficient (Wildman–Crippen LogP) is 2.02. The molecule has 0 saturated carbocycles. The molecule has 7 nitrogen and oxygen atoms in total. The van der Waals surface area contributed by atoms with E-state index in [1.165, 1.54) is 6.20 Å². The molecule has 0 aliphatic carbocycles. The summed E-state index contributed by atoms with van der Waals surface area (Å²) >= 11 is 5.85. The lowest BCUT2D eigenvalue weighted by Gasteiger charge is -2.49. The highest BCUT2D eigenvalue weighted by molar-refractivity contribution is 6.30. The standard InChI is InChI=1S/C19H22ClN5O2/c20-14-1-2-16(23-10-14)18(27)24-7-3-19(4-8-24)9-15(26)12-25(13-19)17-11-21-5-6-22-17/h1-2,5-6,10-11,15,26H,3-4,7-9,12-13H2. The number of aromatic nitrogens is 3. The van der Waals surface area contributed by atoms with Gasteiger partial charge in [0.1, 0.15) is 11.5 Å². The molecule has 1 unspecified atom stereocenters. The number of hydrogen-bond donors (Lipinski definition) is 1. The van der Waals surface area contributed by atoms with E-state index in [1.807, 2.05) is 4.90 Å². The molecular formula is C19H22ClN5O2. The van der Waals surface area contributed by atoms with Crippen LogP contribution in [-0.2, 0) is 0 Å². The Morgan fingerprint density at radius 2 is 2.00 bits per heavy atom. The second-order valence-electron chi connectivity index (χ2n) is 7.46. The third-order valence-corrected chi connectivity index (χ3v) is 5.78. The number of anilines is 1. The summed E-state index contributed by atoms with van der Waals surface area (Å²) in [5.41, 5.74) is 0.402. The molecule has 2 aromatic heterocycles. The lowest BCUT2D eigenvalue weighted by atomic mass is 9.71. The van der Waals surface area contributed by atoms with Gasteiger partial charge in [0.25, 0.3) is 5.91 Å². The summed E-state index contributed by atoms with van der Waals surface area (Å²) in [6, 6.07) is 3.35. The van der Waals surface area contributed by atoms with Gasteiger partial charge in [-0.1, -0.05) is 11.6 Å². The fourth-order valence-corrected chi connectivity index (χ4v) is 4.30. The minimum absolute atomic E-state index is 0.0145. The van der Waals surface area contributed by atoms with Gasteiger partial charge < -0.3 is 14.9 Å². The normalized spacial score (nSPS) is 22.1. The largest absolute Gasteiger partial charge is 0.391 e. The Balaban J connectivity index is 1.44. The fourth-order valence-electron chi connectivity index (χ4n) is 4.19. The molecule has 1 amide bonds. The molecule has 4 rings (SSSR count). The highest BCUT2D eigenvalue weighted by Crippen LogP contribution is 2.41. The molecule has 2 saturated heterocycles. The summed E-state index contributed by atoms with van der Waals surface area (Å²) in [7, 11) is 0. The number of halogens is 1. The van der Waals surface area contributed by atoms with Crippen LogP contribution in [0.4, 0.5) is 5.82 Å². The van der Waals surface area contributed by atoms with Crippen LogP contribution in [0.1, 0.15) is 29.8 Å². The molecular weight excluding hydrogens is 366 g/mol. The van der Waals surface area contributed by atoms with Gasteiger partial charge in [-0.3, -0.25) is 9.78 Å². The quantitative estimate of drug-likeness (QED) is 0.848. The lowest BCUT2D eigenvalue weighted by Crippen LogP contribution is -2.54. The topological polar surface area (TPSA) is 82.5 Å². The molecule has 142 valence electrons. The van der Waals surface area contributed by atoms with E-state index in [2.05, 4.69) is 19.9 Å². The van der Waals surface area contributed by atoms with Crippen molar-refractivity contribution in [2.24, 2.45) is 5.41 Å². The molecule has 8 heteroatoms. The Morgan fingerprint density at radius 3 is 2.67 bits per heavy atom. The zero-order chi connectivity index (χ0) is 18.9. The smallest absolute Gasteiger partial charge is 0.272 e. The Kier molecular flexibility index (Phi) is 4.97. The van der Waals surface area contributed by atoms with Crippen LogP contribution in [0.2, 0.25) is 5.02 Å². The molecule has 1 atom stereocenters. The summed E-state index contributed by atoms with van der Waals surface area (Å²) in [4.78, 5) is 29.3. The number of rotatable bonds is 2. The Morgan fingerprint density at radius 1 is 1.19 bits per heavy atom. The molecule has 2 aliphatic rings.